The minimum absolute atomic E-state index is 0.317. The summed E-state index contributed by atoms with van der Waals surface area (Å²) in [5.74, 6) is 0.956. The molecule has 1 N–H and O–H groups in total. The van der Waals surface area contributed by atoms with E-state index >= 15 is 0 Å². The molecule has 1 aliphatic rings. The van der Waals surface area contributed by atoms with Gasteiger partial charge in [0.2, 0.25) is 0 Å². The highest BCUT2D eigenvalue weighted by atomic mass is 16.5. The zero-order valence-electron chi connectivity index (χ0n) is 12.6. The number of methoxy groups -OCH3 is 1. The first-order valence-corrected chi connectivity index (χ1v) is 7.34. The Balaban J connectivity index is 1.84. The van der Waals surface area contributed by atoms with Crippen LogP contribution >= 0.6 is 0 Å². The predicted molar refractivity (Wildman–Crippen MR) is 82.2 cm³/mol. The number of aryl methyl sites for hydroxylation is 1. The number of benzene rings is 1. The summed E-state index contributed by atoms with van der Waals surface area (Å²) < 4.78 is 7.38. The molecule has 0 aliphatic carbocycles. The fraction of sp³-hybridized carbons (Fsp3) is 0.438. The van der Waals surface area contributed by atoms with Gasteiger partial charge in [0.25, 0.3) is 0 Å². The van der Waals surface area contributed by atoms with Crippen molar-refractivity contribution < 1.29 is 4.74 Å². The maximum Gasteiger partial charge on any atom is 0.123 e. The van der Waals surface area contributed by atoms with E-state index < -0.39 is 0 Å². The van der Waals surface area contributed by atoms with E-state index in [2.05, 4.69) is 33.5 Å². The van der Waals surface area contributed by atoms with E-state index in [1.54, 1.807) is 7.11 Å². The van der Waals surface area contributed by atoms with E-state index in [0.717, 1.165) is 37.6 Å². The second kappa shape index (κ2) is 6.28. The lowest BCUT2D eigenvalue weighted by Gasteiger charge is -2.36. The van der Waals surface area contributed by atoms with Crippen molar-refractivity contribution in [3.8, 4) is 5.75 Å². The SMILES string of the molecule is COc1ccccc1[C@@H]1CNCCN1Cc1ccn(C)n1. The van der Waals surface area contributed by atoms with Gasteiger partial charge >= 0.3 is 0 Å². The number of rotatable bonds is 4. The smallest absolute Gasteiger partial charge is 0.123 e. The largest absolute Gasteiger partial charge is 0.496 e. The average Bonchev–Trinajstić information content (AvgIpc) is 2.93. The van der Waals surface area contributed by atoms with Crippen LogP contribution < -0.4 is 10.1 Å². The lowest BCUT2D eigenvalue weighted by Crippen LogP contribution is -2.45. The van der Waals surface area contributed by atoms with Crippen LogP contribution in [0.1, 0.15) is 17.3 Å². The molecule has 1 saturated heterocycles. The topological polar surface area (TPSA) is 42.3 Å². The Kier molecular flexibility index (Phi) is 4.22. The summed E-state index contributed by atoms with van der Waals surface area (Å²) in [5.41, 5.74) is 2.35. The number of aromatic nitrogens is 2. The minimum Gasteiger partial charge on any atom is -0.496 e. The number of ether oxygens (including phenoxy) is 1. The fourth-order valence-electron chi connectivity index (χ4n) is 2.94. The van der Waals surface area contributed by atoms with E-state index in [1.807, 2.05) is 30.1 Å². The Morgan fingerprint density at radius 3 is 2.95 bits per heavy atom. The van der Waals surface area contributed by atoms with Crippen molar-refractivity contribution in [2.75, 3.05) is 26.7 Å². The van der Waals surface area contributed by atoms with Crippen molar-refractivity contribution >= 4 is 0 Å². The van der Waals surface area contributed by atoms with Gasteiger partial charge in [0.1, 0.15) is 5.75 Å². The molecule has 5 nitrogen and oxygen atoms in total. The molecule has 0 saturated carbocycles. The average molecular weight is 286 g/mol. The maximum atomic E-state index is 5.53. The van der Waals surface area contributed by atoms with Crippen LogP contribution in [-0.2, 0) is 13.6 Å². The van der Waals surface area contributed by atoms with Crippen LogP contribution in [0.3, 0.4) is 0 Å². The standard InChI is InChI=1S/C16H22N4O/c1-19-9-7-13(18-19)12-20-10-8-17-11-15(20)14-5-3-4-6-16(14)21-2/h3-7,9,15,17H,8,10-12H2,1-2H3/t15-/m0/s1. The molecular weight excluding hydrogens is 264 g/mol. The monoisotopic (exact) mass is 286 g/mol. The quantitative estimate of drug-likeness (QED) is 0.926. The number of nitrogens with one attached hydrogen (secondary N) is 1. The van der Waals surface area contributed by atoms with Gasteiger partial charge in [-0.25, -0.2) is 0 Å². The Hall–Kier alpha value is -1.85. The summed E-state index contributed by atoms with van der Waals surface area (Å²) in [6, 6.07) is 10.7. The van der Waals surface area contributed by atoms with Crippen LogP contribution in [0, 0.1) is 0 Å². The molecule has 1 aromatic carbocycles. The zero-order chi connectivity index (χ0) is 14.7. The van der Waals surface area contributed by atoms with Crippen molar-refractivity contribution in [1.82, 2.24) is 20.0 Å². The second-order valence-corrected chi connectivity index (χ2v) is 5.41. The van der Waals surface area contributed by atoms with Crippen LogP contribution in [0.25, 0.3) is 0 Å². The van der Waals surface area contributed by atoms with Gasteiger partial charge in [0, 0.05) is 45.0 Å². The van der Waals surface area contributed by atoms with Crippen molar-refractivity contribution in [2.24, 2.45) is 7.05 Å². The molecule has 1 atom stereocenters. The van der Waals surface area contributed by atoms with E-state index in [0.29, 0.717) is 6.04 Å². The molecule has 0 amide bonds. The summed E-state index contributed by atoms with van der Waals surface area (Å²) in [5, 5.41) is 7.98. The Bertz CT molecular complexity index is 595. The number of hydrogen-bond donors (Lipinski definition) is 1. The molecule has 2 heterocycles. The molecule has 5 heteroatoms. The predicted octanol–water partition coefficient (Wildman–Crippen LogP) is 1.58. The van der Waals surface area contributed by atoms with Crippen molar-refractivity contribution in [3.05, 3.63) is 47.8 Å². The Labute approximate surface area is 125 Å². The highest BCUT2D eigenvalue weighted by Gasteiger charge is 2.26. The molecule has 0 bridgehead atoms. The van der Waals surface area contributed by atoms with E-state index in [4.69, 9.17) is 4.74 Å². The highest BCUT2D eigenvalue weighted by Crippen LogP contribution is 2.30. The molecule has 0 unspecified atom stereocenters. The van der Waals surface area contributed by atoms with Crippen molar-refractivity contribution in [1.29, 1.82) is 0 Å². The first-order chi connectivity index (χ1) is 10.3. The summed E-state index contributed by atoms with van der Waals surface area (Å²) in [6.07, 6.45) is 2.00. The molecule has 0 radical (unpaired) electrons. The van der Waals surface area contributed by atoms with Crippen molar-refractivity contribution in [2.45, 2.75) is 12.6 Å². The Morgan fingerprint density at radius 2 is 2.19 bits per heavy atom. The second-order valence-electron chi connectivity index (χ2n) is 5.41. The third kappa shape index (κ3) is 3.09. The molecule has 21 heavy (non-hydrogen) atoms. The summed E-state index contributed by atoms with van der Waals surface area (Å²) in [4.78, 5) is 2.47. The van der Waals surface area contributed by atoms with Crippen LogP contribution in [-0.4, -0.2) is 41.4 Å². The summed E-state index contributed by atoms with van der Waals surface area (Å²) in [7, 11) is 3.69. The molecular formula is C16H22N4O. The fourth-order valence-corrected chi connectivity index (χ4v) is 2.94. The summed E-state index contributed by atoms with van der Waals surface area (Å²) >= 11 is 0. The lowest BCUT2D eigenvalue weighted by atomic mass is 10.0. The molecule has 0 spiro atoms. The molecule has 1 aliphatic heterocycles. The van der Waals surface area contributed by atoms with Gasteiger partial charge < -0.3 is 10.1 Å². The first kappa shape index (κ1) is 14.1. The van der Waals surface area contributed by atoms with Gasteiger partial charge in [-0.05, 0) is 12.1 Å². The molecule has 3 rings (SSSR count). The number of nitrogens with zero attached hydrogens (tertiary/aromatic N) is 3. The summed E-state index contributed by atoms with van der Waals surface area (Å²) in [6.45, 7) is 3.83. The minimum atomic E-state index is 0.317. The van der Waals surface area contributed by atoms with Crippen LogP contribution in [0.2, 0.25) is 0 Å². The third-order valence-corrected chi connectivity index (χ3v) is 3.99. The van der Waals surface area contributed by atoms with Crippen LogP contribution in [0.5, 0.6) is 5.75 Å². The van der Waals surface area contributed by atoms with Gasteiger partial charge in [0.15, 0.2) is 0 Å². The zero-order valence-corrected chi connectivity index (χ0v) is 12.6. The van der Waals surface area contributed by atoms with E-state index in [1.165, 1.54) is 5.56 Å². The van der Waals surface area contributed by atoms with Gasteiger partial charge in [-0.2, -0.15) is 5.10 Å². The van der Waals surface area contributed by atoms with Crippen LogP contribution in [0.4, 0.5) is 0 Å². The highest BCUT2D eigenvalue weighted by molar-refractivity contribution is 5.36. The van der Waals surface area contributed by atoms with Gasteiger partial charge in [0.05, 0.1) is 18.8 Å². The van der Waals surface area contributed by atoms with Gasteiger partial charge in [-0.1, -0.05) is 18.2 Å². The van der Waals surface area contributed by atoms with Crippen molar-refractivity contribution in [3.63, 3.8) is 0 Å². The Morgan fingerprint density at radius 1 is 1.33 bits per heavy atom. The maximum absolute atomic E-state index is 5.53. The lowest BCUT2D eigenvalue weighted by molar-refractivity contribution is 0.149. The van der Waals surface area contributed by atoms with Gasteiger partial charge in [-0.3, -0.25) is 9.58 Å². The number of para-hydroxylation sites is 1. The molecule has 1 aromatic heterocycles. The first-order valence-electron chi connectivity index (χ1n) is 7.34. The molecule has 2 aromatic rings. The van der Waals surface area contributed by atoms with Crippen LogP contribution in [0.15, 0.2) is 36.5 Å². The normalized spacial score (nSPS) is 19.6. The van der Waals surface area contributed by atoms with E-state index in [9.17, 15) is 0 Å². The van der Waals surface area contributed by atoms with E-state index in [-0.39, 0.29) is 0 Å². The third-order valence-electron chi connectivity index (χ3n) is 3.99. The molecule has 112 valence electrons. The van der Waals surface area contributed by atoms with Gasteiger partial charge in [-0.15, -0.1) is 0 Å². The number of piperazine rings is 1. The number of hydrogen-bond acceptors (Lipinski definition) is 4. The molecule has 1 fully saturated rings.